The van der Waals surface area contributed by atoms with Gasteiger partial charge in [-0.05, 0) is 49.6 Å². The Morgan fingerprint density at radius 2 is 1.97 bits per heavy atom. The van der Waals surface area contributed by atoms with Crippen LogP contribution in [0.4, 0.5) is 5.69 Å². The highest BCUT2D eigenvalue weighted by Gasteiger charge is 2.41. The first-order chi connectivity index (χ1) is 16.5. The Labute approximate surface area is 198 Å². The number of ether oxygens (including phenoxy) is 1. The predicted octanol–water partition coefficient (Wildman–Crippen LogP) is 3.91. The molecule has 0 bridgehead atoms. The van der Waals surface area contributed by atoms with Gasteiger partial charge in [0.25, 0.3) is 5.91 Å². The zero-order chi connectivity index (χ0) is 23.7. The van der Waals surface area contributed by atoms with Gasteiger partial charge in [0.1, 0.15) is 11.4 Å². The van der Waals surface area contributed by atoms with Crippen LogP contribution in [0.5, 0.6) is 0 Å². The molecule has 1 fully saturated rings. The number of carbonyl (C=O) groups is 1. The summed E-state index contributed by atoms with van der Waals surface area (Å²) in [7, 11) is 0. The summed E-state index contributed by atoms with van der Waals surface area (Å²) in [6.07, 6.45) is 6.70. The van der Waals surface area contributed by atoms with E-state index in [0.29, 0.717) is 35.9 Å². The van der Waals surface area contributed by atoms with E-state index in [-0.39, 0.29) is 11.4 Å². The summed E-state index contributed by atoms with van der Waals surface area (Å²) < 4.78 is 7.58. The van der Waals surface area contributed by atoms with Crippen molar-refractivity contribution >= 4 is 17.2 Å². The van der Waals surface area contributed by atoms with E-state index >= 15 is 0 Å². The minimum absolute atomic E-state index is 0.216. The Balaban J connectivity index is 1.42. The second-order valence-corrected chi connectivity index (χ2v) is 8.66. The van der Waals surface area contributed by atoms with Gasteiger partial charge in [-0.2, -0.15) is 5.10 Å². The lowest BCUT2D eigenvalue weighted by molar-refractivity contribution is -0.135. The Bertz CT molecular complexity index is 1390. The summed E-state index contributed by atoms with van der Waals surface area (Å²) in [5.74, 6) is 2.42. The summed E-state index contributed by atoms with van der Waals surface area (Å²) in [6, 6.07) is 21.3. The minimum Gasteiger partial charge on any atom is -0.352 e. The van der Waals surface area contributed by atoms with Crippen LogP contribution in [0.2, 0.25) is 0 Å². The summed E-state index contributed by atoms with van der Waals surface area (Å²) in [5.41, 5.74) is 4.08. The quantitative estimate of drug-likeness (QED) is 0.466. The number of nitrogens with zero attached hydrogens (tertiary/aromatic N) is 4. The van der Waals surface area contributed by atoms with Gasteiger partial charge in [0.05, 0.1) is 6.61 Å². The van der Waals surface area contributed by atoms with Gasteiger partial charge in [0.15, 0.2) is 11.9 Å². The van der Waals surface area contributed by atoms with Crippen LogP contribution in [0.15, 0.2) is 72.9 Å². The predicted molar refractivity (Wildman–Crippen MR) is 131 cm³/mol. The molecule has 1 N–H and O–H groups in total. The SMILES string of the molecule is C#Cc1nc2cccnn2c1-c1cccc(NC(=O)[C@@H]2OCCN2C(C)(C)c2ccccc2)c1. The van der Waals surface area contributed by atoms with Crippen LogP contribution in [-0.4, -0.2) is 44.8 Å². The Morgan fingerprint density at radius 1 is 1.15 bits per heavy atom. The van der Waals surface area contributed by atoms with Crippen LogP contribution in [0.1, 0.15) is 25.1 Å². The third-order valence-corrected chi connectivity index (χ3v) is 6.25. The molecule has 7 heteroatoms. The molecule has 1 atom stereocenters. The van der Waals surface area contributed by atoms with Gasteiger partial charge in [0.2, 0.25) is 0 Å². The van der Waals surface area contributed by atoms with Crippen LogP contribution in [0, 0.1) is 12.3 Å². The van der Waals surface area contributed by atoms with E-state index in [1.54, 1.807) is 10.7 Å². The molecule has 2 aromatic carbocycles. The number of hydrogen-bond donors (Lipinski definition) is 1. The van der Waals surface area contributed by atoms with Crippen LogP contribution >= 0.6 is 0 Å². The highest BCUT2D eigenvalue weighted by molar-refractivity contribution is 5.94. The molecule has 0 spiro atoms. The van der Waals surface area contributed by atoms with E-state index < -0.39 is 6.23 Å². The molecule has 1 aliphatic heterocycles. The standard InChI is InChI=1S/C27H25N5O2/c1-4-22-24(32-23(30-22)14-9-15-28-32)19-10-8-13-21(18-19)29-25(33)26-31(16-17-34-26)27(2,3)20-11-6-5-7-12-20/h1,5-15,18,26H,16-17H2,2-3H3,(H,29,33)/t26-/m0/s1. The fourth-order valence-corrected chi connectivity index (χ4v) is 4.47. The highest BCUT2D eigenvalue weighted by atomic mass is 16.5. The maximum Gasteiger partial charge on any atom is 0.268 e. The van der Waals surface area contributed by atoms with E-state index in [9.17, 15) is 4.79 Å². The third kappa shape index (κ3) is 3.83. The maximum atomic E-state index is 13.3. The molecule has 0 aliphatic carbocycles. The van der Waals surface area contributed by atoms with Gasteiger partial charge in [-0.1, -0.05) is 42.5 Å². The number of rotatable bonds is 5. The van der Waals surface area contributed by atoms with Crippen molar-refractivity contribution in [3.8, 4) is 23.6 Å². The van der Waals surface area contributed by atoms with E-state index in [4.69, 9.17) is 11.2 Å². The number of carbonyl (C=O) groups excluding carboxylic acids is 1. The van der Waals surface area contributed by atoms with Gasteiger partial charge in [0, 0.05) is 29.5 Å². The molecule has 34 heavy (non-hydrogen) atoms. The molecule has 1 amide bonds. The minimum atomic E-state index is -0.697. The van der Waals surface area contributed by atoms with Crippen LogP contribution in [0.3, 0.4) is 0 Å². The van der Waals surface area contributed by atoms with Crippen molar-refractivity contribution in [2.24, 2.45) is 0 Å². The summed E-state index contributed by atoms with van der Waals surface area (Å²) in [4.78, 5) is 19.9. The molecule has 1 saturated heterocycles. The number of benzene rings is 2. The number of imidazole rings is 1. The first kappa shape index (κ1) is 21.8. The molecule has 170 valence electrons. The van der Waals surface area contributed by atoms with Gasteiger partial charge < -0.3 is 10.1 Å². The smallest absolute Gasteiger partial charge is 0.268 e. The number of hydrogen-bond acceptors (Lipinski definition) is 5. The second kappa shape index (κ2) is 8.75. The normalized spacial score (nSPS) is 16.4. The van der Waals surface area contributed by atoms with E-state index in [1.165, 1.54) is 0 Å². The lowest BCUT2D eigenvalue weighted by Gasteiger charge is -2.38. The Kier molecular flexibility index (Phi) is 5.62. The molecule has 7 nitrogen and oxygen atoms in total. The Morgan fingerprint density at radius 3 is 2.76 bits per heavy atom. The van der Waals surface area contributed by atoms with E-state index in [2.05, 4.69) is 52.2 Å². The number of anilines is 1. The second-order valence-electron chi connectivity index (χ2n) is 8.66. The lowest BCUT2D eigenvalue weighted by atomic mass is 9.92. The summed E-state index contributed by atoms with van der Waals surface area (Å²) in [6.45, 7) is 5.38. The average Bonchev–Trinajstić information content (AvgIpc) is 3.50. The number of terminal acetylenes is 1. The number of aromatic nitrogens is 3. The molecule has 5 rings (SSSR count). The van der Waals surface area contributed by atoms with Gasteiger partial charge in [-0.15, -0.1) is 6.42 Å². The van der Waals surface area contributed by atoms with E-state index in [0.717, 1.165) is 11.1 Å². The van der Waals surface area contributed by atoms with Crippen molar-refractivity contribution < 1.29 is 9.53 Å². The molecule has 0 unspecified atom stereocenters. The molecular weight excluding hydrogens is 426 g/mol. The molecule has 2 aromatic heterocycles. The number of nitrogens with one attached hydrogen (secondary N) is 1. The average molecular weight is 452 g/mol. The van der Waals surface area contributed by atoms with Crippen molar-refractivity contribution in [1.29, 1.82) is 0 Å². The van der Waals surface area contributed by atoms with Crippen molar-refractivity contribution in [3.63, 3.8) is 0 Å². The van der Waals surface area contributed by atoms with Crippen molar-refractivity contribution in [3.05, 3.63) is 84.2 Å². The monoisotopic (exact) mass is 451 g/mol. The zero-order valence-electron chi connectivity index (χ0n) is 19.1. The Hall–Kier alpha value is -3.99. The molecule has 4 aromatic rings. The topological polar surface area (TPSA) is 71.8 Å². The summed E-state index contributed by atoms with van der Waals surface area (Å²) in [5, 5.41) is 7.41. The van der Waals surface area contributed by atoms with Crippen LogP contribution < -0.4 is 5.32 Å². The van der Waals surface area contributed by atoms with Crippen molar-refractivity contribution in [2.75, 3.05) is 18.5 Å². The molecule has 0 saturated carbocycles. The van der Waals surface area contributed by atoms with Gasteiger partial charge in [-0.25, -0.2) is 9.50 Å². The molecular formula is C27H25N5O2. The number of fused-ring (bicyclic) bond motifs is 1. The van der Waals surface area contributed by atoms with Crippen LogP contribution in [-0.2, 0) is 15.1 Å². The highest BCUT2D eigenvalue weighted by Crippen LogP contribution is 2.33. The zero-order valence-corrected chi connectivity index (χ0v) is 19.1. The van der Waals surface area contributed by atoms with Crippen LogP contribution in [0.25, 0.3) is 16.9 Å². The van der Waals surface area contributed by atoms with Gasteiger partial charge >= 0.3 is 0 Å². The fourth-order valence-electron chi connectivity index (χ4n) is 4.47. The van der Waals surface area contributed by atoms with Gasteiger partial charge in [-0.3, -0.25) is 9.69 Å². The third-order valence-electron chi connectivity index (χ3n) is 6.25. The van der Waals surface area contributed by atoms with Crippen molar-refractivity contribution in [2.45, 2.75) is 25.6 Å². The fraction of sp³-hybridized carbons (Fsp3) is 0.222. The molecule has 0 radical (unpaired) electrons. The molecule has 3 heterocycles. The first-order valence-electron chi connectivity index (χ1n) is 11.1. The van der Waals surface area contributed by atoms with E-state index in [1.807, 2.05) is 54.6 Å². The molecule has 1 aliphatic rings. The van der Waals surface area contributed by atoms with Crippen molar-refractivity contribution in [1.82, 2.24) is 19.5 Å². The largest absolute Gasteiger partial charge is 0.352 e. The summed E-state index contributed by atoms with van der Waals surface area (Å²) >= 11 is 0. The lowest BCUT2D eigenvalue weighted by Crippen LogP contribution is -2.49. The number of amides is 1. The maximum absolute atomic E-state index is 13.3. The first-order valence-corrected chi connectivity index (χ1v) is 11.1.